The van der Waals surface area contributed by atoms with Crippen molar-refractivity contribution in [1.82, 2.24) is 0 Å². The minimum absolute atomic E-state index is 0.113. The van der Waals surface area contributed by atoms with Crippen LogP contribution in [0.5, 0.6) is 0 Å². The SMILES string of the molecule is CCOC(=O)OC1=NOC(c2ccccc2)(c2ccc(F)cc2)C1. The molecule has 0 N–H and O–H groups in total. The van der Waals surface area contributed by atoms with Gasteiger partial charge < -0.3 is 14.3 Å². The highest BCUT2D eigenvalue weighted by atomic mass is 19.1. The lowest BCUT2D eigenvalue weighted by atomic mass is 9.84. The summed E-state index contributed by atoms with van der Waals surface area (Å²) < 4.78 is 23.1. The molecule has 0 radical (unpaired) electrons. The Morgan fingerprint density at radius 1 is 1.17 bits per heavy atom. The van der Waals surface area contributed by atoms with Crippen LogP contribution in [0.4, 0.5) is 9.18 Å². The number of nitrogens with zero attached hydrogens (tertiary/aromatic N) is 1. The third kappa shape index (κ3) is 3.08. The molecule has 1 heterocycles. The summed E-state index contributed by atoms with van der Waals surface area (Å²) in [5, 5.41) is 3.89. The minimum Gasteiger partial charge on any atom is -0.434 e. The lowest BCUT2D eigenvalue weighted by Gasteiger charge is -2.27. The molecule has 0 bridgehead atoms. The van der Waals surface area contributed by atoms with Crippen molar-refractivity contribution < 1.29 is 23.5 Å². The van der Waals surface area contributed by atoms with E-state index in [4.69, 9.17) is 14.3 Å². The van der Waals surface area contributed by atoms with Crippen LogP contribution in [-0.4, -0.2) is 18.7 Å². The molecule has 1 aliphatic rings. The standard InChI is InChI=1S/C18H16FNO4/c1-2-22-17(21)23-16-12-18(24-20-16,13-6-4-3-5-7-13)14-8-10-15(19)11-9-14/h3-11H,2,12H2,1H3. The number of ether oxygens (including phenoxy) is 2. The quantitative estimate of drug-likeness (QED) is 0.799. The summed E-state index contributed by atoms with van der Waals surface area (Å²) >= 11 is 0. The van der Waals surface area contributed by atoms with Gasteiger partial charge in [-0.05, 0) is 24.2 Å². The molecule has 3 rings (SSSR count). The number of rotatable bonds is 3. The Morgan fingerprint density at radius 2 is 1.83 bits per heavy atom. The highest BCUT2D eigenvalue weighted by Gasteiger charge is 2.44. The van der Waals surface area contributed by atoms with E-state index >= 15 is 0 Å². The Hall–Kier alpha value is -2.89. The first-order valence-corrected chi connectivity index (χ1v) is 7.55. The van der Waals surface area contributed by atoms with Crippen molar-refractivity contribution in [1.29, 1.82) is 0 Å². The van der Waals surface area contributed by atoms with Gasteiger partial charge in [0.1, 0.15) is 5.82 Å². The molecule has 1 atom stereocenters. The third-order valence-electron chi connectivity index (χ3n) is 3.72. The van der Waals surface area contributed by atoms with Crippen LogP contribution in [-0.2, 0) is 19.9 Å². The molecular weight excluding hydrogens is 313 g/mol. The van der Waals surface area contributed by atoms with Crippen molar-refractivity contribution in [3.05, 3.63) is 71.5 Å². The molecule has 1 unspecified atom stereocenters. The van der Waals surface area contributed by atoms with Gasteiger partial charge in [0.15, 0.2) is 5.60 Å². The van der Waals surface area contributed by atoms with Gasteiger partial charge in [0, 0.05) is 11.1 Å². The Bertz CT molecular complexity index is 745. The Kier molecular flexibility index (Phi) is 4.46. The average Bonchev–Trinajstić information content (AvgIpc) is 3.01. The van der Waals surface area contributed by atoms with Crippen LogP contribution in [0.3, 0.4) is 0 Å². The summed E-state index contributed by atoms with van der Waals surface area (Å²) in [6.07, 6.45) is -0.635. The first-order valence-electron chi connectivity index (χ1n) is 7.55. The summed E-state index contributed by atoms with van der Waals surface area (Å²) in [4.78, 5) is 17.2. The second kappa shape index (κ2) is 6.70. The lowest BCUT2D eigenvalue weighted by molar-refractivity contribution is 0.0111. The molecular formula is C18H16FNO4. The topological polar surface area (TPSA) is 57.1 Å². The summed E-state index contributed by atoms with van der Waals surface area (Å²) in [5.74, 6) is -0.231. The summed E-state index contributed by atoms with van der Waals surface area (Å²) in [7, 11) is 0. The smallest absolute Gasteiger partial charge is 0.434 e. The lowest BCUT2D eigenvalue weighted by Crippen LogP contribution is -2.28. The fourth-order valence-corrected chi connectivity index (χ4v) is 2.61. The molecule has 124 valence electrons. The highest BCUT2D eigenvalue weighted by Crippen LogP contribution is 2.41. The molecule has 0 fully saturated rings. The van der Waals surface area contributed by atoms with Gasteiger partial charge in [0.05, 0.1) is 13.0 Å². The van der Waals surface area contributed by atoms with E-state index in [1.54, 1.807) is 19.1 Å². The molecule has 0 saturated heterocycles. The number of halogens is 1. The molecule has 2 aromatic carbocycles. The Morgan fingerprint density at radius 3 is 2.50 bits per heavy atom. The number of hydrogen-bond donors (Lipinski definition) is 0. The summed E-state index contributed by atoms with van der Waals surface area (Å²) in [5.41, 5.74) is 0.556. The van der Waals surface area contributed by atoms with E-state index in [0.717, 1.165) is 5.56 Å². The molecule has 0 aromatic heterocycles. The number of carbonyl (C=O) groups is 1. The molecule has 5 nitrogen and oxygen atoms in total. The maximum absolute atomic E-state index is 13.3. The van der Waals surface area contributed by atoms with Crippen molar-refractivity contribution >= 4 is 12.1 Å². The Balaban J connectivity index is 1.92. The molecule has 6 heteroatoms. The van der Waals surface area contributed by atoms with Crippen LogP contribution in [0.1, 0.15) is 24.5 Å². The number of carbonyl (C=O) groups excluding carboxylic acids is 1. The first kappa shape index (κ1) is 16.0. The van der Waals surface area contributed by atoms with Gasteiger partial charge in [0.2, 0.25) is 5.90 Å². The monoisotopic (exact) mass is 329 g/mol. The van der Waals surface area contributed by atoms with E-state index in [9.17, 15) is 9.18 Å². The van der Waals surface area contributed by atoms with Crippen molar-refractivity contribution in [3.8, 4) is 0 Å². The van der Waals surface area contributed by atoms with E-state index < -0.39 is 11.8 Å². The maximum atomic E-state index is 13.3. The number of hydrogen-bond acceptors (Lipinski definition) is 5. The maximum Gasteiger partial charge on any atom is 0.515 e. The van der Waals surface area contributed by atoms with E-state index in [0.29, 0.717) is 5.56 Å². The van der Waals surface area contributed by atoms with Crippen molar-refractivity contribution in [2.75, 3.05) is 6.61 Å². The molecule has 0 aliphatic carbocycles. The molecule has 2 aromatic rings. The minimum atomic E-state index is -0.975. The summed E-state index contributed by atoms with van der Waals surface area (Å²) in [6, 6.07) is 15.4. The van der Waals surface area contributed by atoms with Crippen LogP contribution in [0.25, 0.3) is 0 Å². The first-order chi connectivity index (χ1) is 11.6. The van der Waals surface area contributed by atoms with Gasteiger partial charge >= 0.3 is 6.16 Å². The molecule has 0 spiro atoms. The molecule has 0 amide bonds. The summed E-state index contributed by atoms with van der Waals surface area (Å²) in [6.45, 7) is 1.88. The normalized spacial score (nSPS) is 19.3. The van der Waals surface area contributed by atoms with Crippen molar-refractivity contribution in [3.63, 3.8) is 0 Å². The van der Waals surface area contributed by atoms with Crippen molar-refractivity contribution in [2.24, 2.45) is 5.16 Å². The van der Waals surface area contributed by atoms with E-state index in [1.165, 1.54) is 12.1 Å². The van der Waals surface area contributed by atoms with Gasteiger partial charge in [-0.2, -0.15) is 0 Å². The predicted molar refractivity (Wildman–Crippen MR) is 84.9 cm³/mol. The second-order valence-electron chi connectivity index (χ2n) is 5.24. The number of oxime groups is 1. The van der Waals surface area contributed by atoms with Gasteiger partial charge in [0.25, 0.3) is 0 Å². The highest BCUT2D eigenvalue weighted by molar-refractivity contribution is 5.87. The largest absolute Gasteiger partial charge is 0.515 e. The fourth-order valence-electron chi connectivity index (χ4n) is 2.61. The predicted octanol–water partition coefficient (Wildman–Crippen LogP) is 3.98. The van der Waals surface area contributed by atoms with Crippen LogP contribution in [0.15, 0.2) is 59.8 Å². The van der Waals surface area contributed by atoms with E-state index in [2.05, 4.69) is 5.16 Å². The third-order valence-corrected chi connectivity index (χ3v) is 3.72. The van der Waals surface area contributed by atoms with Crippen LogP contribution < -0.4 is 0 Å². The zero-order chi connectivity index (χ0) is 17.0. The van der Waals surface area contributed by atoms with Gasteiger partial charge in [-0.15, -0.1) is 0 Å². The van der Waals surface area contributed by atoms with Gasteiger partial charge in [-0.1, -0.05) is 42.5 Å². The van der Waals surface area contributed by atoms with Crippen LogP contribution in [0, 0.1) is 5.82 Å². The Labute approximate surface area is 138 Å². The van der Waals surface area contributed by atoms with Crippen molar-refractivity contribution in [2.45, 2.75) is 18.9 Å². The van der Waals surface area contributed by atoms with Crippen LogP contribution in [0.2, 0.25) is 0 Å². The molecule has 1 aliphatic heterocycles. The fraction of sp³-hybridized carbons (Fsp3) is 0.222. The zero-order valence-electron chi connectivity index (χ0n) is 13.1. The van der Waals surface area contributed by atoms with E-state index in [1.807, 2.05) is 30.3 Å². The molecule has 0 saturated carbocycles. The average molecular weight is 329 g/mol. The van der Waals surface area contributed by atoms with Gasteiger partial charge in [-0.25, -0.2) is 9.18 Å². The van der Waals surface area contributed by atoms with E-state index in [-0.39, 0.29) is 24.7 Å². The zero-order valence-corrected chi connectivity index (χ0v) is 13.1. The second-order valence-corrected chi connectivity index (χ2v) is 5.24. The van der Waals surface area contributed by atoms with Crippen LogP contribution >= 0.6 is 0 Å². The number of benzene rings is 2. The molecule has 24 heavy (non-hydrogen) atoms. The van der Waals surface area contributed by atoms with Gasteiger partial charge in [-0.3, -0.25) is 0 Å².